The maximum atomic E-state index is 13.0. The minimum atomic E-state index is -0.413. The van der Waals surface area contributed by atoms with Gasteiger partial charge in [-0.25, -0.2) is 4.39 Å². The second-order valence-corrected chi connectivity index (χ2v) is 3.00. The highest BCUT2D eigenvalue weighted by atomic mass is 19.1. The van der Waals surface area contributed by atoms with Gasteiger partial charge in [0, 0.05) is 12.3 Å². The summed E-state index contributed by atoms with van der Waals surface area (Å²) in [6, 6.07) is 7.39. The number of hydrogen-bond acceptors (Lipinski definition) is 4. The van der Waals surface area contributed by atoms with Crippen LogP contribution in [-0.4, -0.2) is 6.61 Å². The Morgan fingerprint density at radius 3 is 2.76 bits per heavy atom. The van der Waals surface area contributed by atoms with Gasteiger partial charge in [0.15, 0.2) is 0 Å². The van der Waals surface area contributed by atoms with Crippen LogP contribution in [0.25, 0.3) is 0 Å². The smallest absolute Gasteiger partial charge is 0.145 e. The van der Waals surface area contributed by atoms with Gasteiger partial charge in [-0.2, -0.15) is 10.5 Å². The van der Waals surface area contributed by atoms with Crippen LogP contribution in [-0.2, 0) is 0 Å². The lowest BCUT2D eigenvalue weighted by Gasteiger charge is -2.09. The van der Waals surface area contributed by atoms with E-state index >= 15 is 0 Å². The number of rotatable bonds is 4. The Hall–Kier alpha value is -2.53. The molecule has 0 aliphatic carbocycles. The Bertz CT molecular complexity index is 495. The number of nitriles is 2. The van der Waals surface area contributed by atoms with Crippen LogP contribution in [0.3, 0.4) is 0 Å². The van der Waals surface area contributed by atoms with Crippen LogP contribution in [0.4, 0.5) is 10.1 Å². The molecule has 0 heterocycles. The van der Waals surface area contributed by atoms with E-state index in [2.05, 4.69) is 5.32 Å². The van der Waals surface area contributed by atoms with Crippen molar-refractivity contribution in [1.82, 2.24) is 0 Å². The van der Waals surface area contributed by atoms with Gasteiger partial charge >= 0.3 is 0 Å². The topological polar surface area (TPSA) is 68.8 Å². The summed E-state index contributed by atoms with van der Waals surface area (Å²) in [5.74, 6) is -0.0808. The average Bonchev–Trinajstić information content (AvgIpc) is 2.33. The number of allylic oxidation sites excluding steroid dienone is 1. The number of halogens is 1. The normalized spacial score (nSPS) is 8.71. The van der Waals surface area contributed by atoms with Crippen LogP contribution in [0.2, 0.25) is 0 Å². The number of nitrogens with one attached hydrogen (secondary N) is 1. The van der Waals surface area contributed by atoms with Gasteiger partial charge in [0.25, 0.3) is 0 Å². The molecule has 1 aromatic carbocycles. The standard InChI is InChI=1S/C12H10FN3O/c1-2-17-12-5-10(13)3-4-11(12)16-8-9(6-14)7-15/h3-5,8,16H,2H2,1H3. The SMILES string of the molecule is CCOc1cc(F)ccc1NC=C(C#N)C#N. The molecule has 4 nitrogen and oxygen atoms in total. The number of ether oxygens (including phenoxy) is 1. The monoisotopic (exact) mass is 231 g/mol. The van der Waals surface area contributed by atoms with Crippen molar-refractivity contribution in [3.05, 3.63) is 35.8 Å². The predicted molar refractivity (Wildman–Crippen MR) is 60.5 cm³/mol. The van der Waals surface area contributed by atoms with Crippen LogP contribution in [0.15, 0.2) is 30.0 Å². The van der Waals surface area contributed by atoms with Crippen LogP contribution in [0, 0.1) is 28.5 Å². The molecule has 0 atom stereocenters. The lowest BCUT2D eigenvalue weighted by atomic mass is 10.2. The summed E-state index contributed by atoms with van der Waals surface area (Å²) >= 11 is 0. The zero-order valence-corrected chi connectivity index (χ0v) is 9.20. The molecule has 0 saturated heterocycles. The summed E-state index contributed by atoms with van der Waals surface area (Å²) < 4.78 is 18.2. The van der Waals surface area contributed by atoms with E-state index in [1.807, 2.05) is 0 Å². The molecule has 5 heteroatoms. The third kappa shape index (κ3) is 3.51. The molecule has 0 saturated carbocycles. The summed E-state index contributed by atoms with van der Waals surface area (Å²) in [4.78, 5) is 0. The quantitative estimate of drug-likeness (QED) is 0.808. The van der Waals surface area contributed by atoms with Gasteiger partial charge in [0.1, 0.15) is 29.3 Å². The first-order valence-electron chi connectivity index (χ1n) is 4.90. The molecule has 0 radical (unpaired) electrons. The van der Waals surface area contributed by atoms with Gasteiger partial charge in [0.2, 0.25) is 0 Å². The molecule has 0 fully saturated rings. The molecule has 1 rings (SSSR count). The van der Waals surface area contributed by atoms with E-state index in [0.717, 1.165) is 0 Å². The molecule has 0 amide bonds. The van der Waals surface area contributed by atoms with E-state index in [0.29, 0.717) is 18.0 Å². The second-order valence-electron chi connectivity index (χ2n) is 3.00. The maximum absolute atomic E-state index is 13.0. The molecule has 1 N–H and O–H groups in total. The molecule has 0 bridgehead atoms. The van der Waals surface area contributed by atoms with Gasteiger partial charge in [-0.3, -0.25) is 0 Å². The number of anilines is 1. The van der Waals surface area contributed by atoms with E-state index in [4.69, 9.17) is 15.3 Å². The molecule has 0 spiro atoms. The summed E-state index contributed by atoms with van der Waals surface area (Å²) in [6.07, 6.45) is 1.25. The van der Waals surface area contributed by atoms with Crippen molar-refractivity contribution in [2.75, 3.05) is 11.9 Å². The van der Waals surface area contributed by atoms with Crippen molar-refractivity contribution in [3.63, 3.8) is 0 Å². The van der Waals surface area contributed by atoms with Crippen molar-refractivity contribution in [2.45, 2.75) is 6.92 Å². The first kappa shape index (κ1) is 12.5. The maximum Gasteiger partial charge on any atom is 0.145 e. The molecule has 0 unspecified atom stereocenters. The van der Waals surface area contributed by atoms with Gasteiger partial charge in [0.05, 0.1) is 12.3 Å². The fourth-order valence-electron chi connectivity index (χ4n) is 1.13. The summed E-state index contributed by atoms with van der Waals surface area (Å²) in [5, 5.41) is 19.8. The average molecular weight is 231 g/mol. The van der Waals surface area contributed by atoms with Crippen molar-refractivity contribution in [3.8, 4) is 17.9 Å². The molecular weight excluding hydrogens is 221 g/mol. The predicted octanol–water partition coefficient (Wildman–Crippen LogP) is 2.57. The Kier molecular flexibility index (Phi) is 4.53. The molecule has 17 heavy (non-hydrogen) atoms. The van der Waals surface area contributed by atoms with Gasteiger partial charge in [-0.1, -0.05) is 0 Å². The van der Waals surface area contributed by atoms with E-state index < -0.39 is 5.82 Å². The van der Waals surface area contributed by atoms with Crippen molar-refractivity contribution in [1.29, 1.82) is 10.5 Å². The van der Waals surface area contributed by atoms with E-state index in [1.165, 1.54) is 24.4 Å². The molecule has 0 aromatic heterocycles. The zero-order valence-electron chi connectivity index (χ0n) is 9.20. The Balaban J connectivity index is 2.95. The Morgan fingerprint density at radius 2 is 2.18 bits per heavy atom. The number of hydrogen-bond donors (Lipinski definition) is 1. The molecule has 1 aromatic rings. The fourth-order valence-corrected chi connectivity index (χ4v) is 1.13. The summed E-state index contributed by atoms with van der Waals surface area (Å²) in [7, 11) is 0. The van der Waals surface area contributed by atoms with E-state index in [9.17, 15) is 4.39 Å². The van der Waals surface area contributed by atoms with Crippen molar-refractivity contribution in [2.24, 2.45) is 0 Å². The van der Waals surface area contributed by atoms with Gasteiger partial charge in [-0.05, 0) is 19.1 Å². The minimum Gasteiger partial charge on any atom is -0.492 e. The molecule has 0 aliphatic rings. The van der Waals surface area contributed by atoms with Crippen LogP contribution in [0.1, 0.15) is 6.92 Å². The second kappa shape index (κ2) is 6.14. The van der Waals surface area contributed by atoms with E-state index in [1.54, 1.807) is 19.1 Å². The fraction of sp³-hybridized carbons (Fsp3) is 0.167. The third-order valence-corrected chi connectivity index (χ3v) is 1.86. The van der Waals surface area contributed by atoms with Crippen molar-refractivity contribution >= 4 is 5.69 Å². The minimum absolute atomic E-state index is 0.0724. The Labute approximate surface area is 98.5 Å². The molecule has 0 aliphatic heterocycles. The largest absolute Gasteiger partial charge is 0.492 e. The first-order chi connectivity index (χ1) is 8.21. The van der Waals surface area contributed by atoms with Crippen molar-refractivity contribution < 1.29 is 9.13 Å². The highest BCUT2D eigenvalue weighted by molar-refractivity contribution is 5.59. The Morgan fingerprint density at radius 1 is 1.47 bits per heavy atom. The number of benzene rings is 1. The zero-order chi connectivity index (χ0) is 12.7. The summed E-state index contributed by atoms with van der Waals surface area (Å²) in [5.41, 5.74) is 0.424. The highest BCUT2D eigenvalue weighted by Crippen LogP contribution is 2.25. The van der Waals surface area contributed by atoms with Crippen LogP contribution < -0.4 is 10.1 Å². The molecular formula is C12H10FN3O. The summed E-state index contributed by atoms with van der Waals surface area (Å²) in [6.45, 7) is 2.17. The lowest BCUT2D eigenvalue weighted by molar-refractivity contribution is 0.340. The van der Waals surface area contributed by atoms with Gasteiger partial charge < -0.3 is 10.1 Å². The molecule has 86 valence electrons. The van der Waals surface area contributed by atoms with Gasteiger partial charge in [-0.15, -0.1) is 0 Å². The van der Waals surface area contributed by atoms with E-state index in [-0.39, 0.29) is 5.57 Å². The lowest BCUT2D eigenvalue weighted by Crippen LogP contribution is -1.98. The highest BCUT2D eigenvalue weighted by Gasteiger charge is 2.04. The first-order valence-corrected chi connectivity index (χ1v) is 4.90. The van der Waals surface area contributed by atoms with Crippen LogP contribution >= 0.6 is 0 Å². The van der Waals surface area contributed by atoms with Crippen LogP contribution in [0.5, 0.6) is 5.75 Å². The number of nitrogens with zero attached hydrogens (tertiary/aromatic N) is 2. The third-order valence-electron chi connectivity index (χ3n) is 1.86.